The van der Waals surface area contributed by atoms with E-state index in [9.17, 15) is 4.39 Å². The van der Waals surface area contributed by atoms with Gasteiger partial charge in [0, 0.05) is 22.5 Å². The first-order valence-corrected chi connectivity index (χ1v) is 6.94. The van der Waals surface area contributed by atoms with Crippen LogP contribution in [0.15, 0.2) is 30.3 Å². The van der Waals surface area contributed by atoms with Gasteiger partial charge in [-0.05, 0) is 56.6 Å². The molecular formula is C16H18ClFN2. The minimum atomic E-state index is -0.312. The predicted molar refractivity (Wildman–Crippen MR) is 80.6 cm³/mol. The van der Waals surface area contributed by atoms with Crippen molar-refractivity contribution in [3.63, 3.8) is 0 Å². The van der Waals surface area contributed by atoms with Gasteiger partial charge in [-0.15, -0.1) is 0 Å². The van der Waals surface area contributed by atoms with Gasteiger partial charge in [0.25, 0.3) is 0 Å². The third-order valence-electron chi connectivity index (χ3n) is 3.43. The molecule has 0 bridgehead atoms. The molecule has 0 spiro atoms. The number of pyridine rings is 1. The third-order valence-corrected chi connectivity index (χ3v) is 3.78. The number of benzene rings is 1. The van der Waals surface area contributed by atoms with Crippen LogP contribution in [0.4, 0.5) is 4.39 Å². The molecule has 1 aromatic carbocycles. The summed E-state index contributed by atoms with van der Waals surface area (Å²) in [4.78, 5) is 4.49. The quantitative estimate of drug-likeness (QED) is 0.921. The molecule has 2 rings (SSSR count). The van der Waals surface area contributed by atoms with Crippen LogP contribution in [0.5, 0.6) is 0 Å². The Kier molecular flexibility index (Phi) is 4.73. The van der Waals surface area contributed by atoms with Gasteiger partial charge in [0.2, 0.25) is 0 Å². The summed E-state index contributed by atoms with van der Waals surface area (Å²) >= 11 is 6.10. The summed E-state index contributed by atoms with van der Waals surface area (Å²) in [6.45, 7) is 3.97. The van der Waals surface area contributed by atoms with E-state index in [1.807, 2.05) is 27.0 Å². The Morgan fingerprint density at radius 2 is 2.00 bits per heavy atom. The Labute approximate surface area is 124 Å². The Morgan fingerprint density at radius 1 is 1.25 bits per heavy atom. The molecule has 0 aliphatic rings. The van der Waals surface area contributed by atoms with Crippen molar-refractivity contribution in [3.8, 4) is 0 Å². The van der Waals surface area contributed by atoms with E-state index in [1.165, 1.54) is 12.1 Å². The van der Waals surface area contributed by atoms with E-state index in [0.29, 0.717) is 11.4 Å². The summed E-state index contributed by atoms with van der Waals surface area (Å²) in [5.74, 6) is -0.312. The van der Waals surface area contributed by atoms with Gasteiger partial charge in [-0.1, -0.05) is 23.7 Å². The van der Waals surface area contributed by atoms with E-state index in [0.717, 1.165) is 22.5 Å². The summed E-state index contributed by atoms with van der Waals surface area (Å²) in [5.41, 5.74) is 4.06. The van der Waals surface area contributed by atoms with Gasteiger partial charge < -0.3 is 5.32 Å². The van der Waals surface area contributed by atoms with E-state index in [4.69, 9.17) is 11.6 Å². The van der Waals surface area contributed by atoms with Crippen molar-refractivity contribution in [2.45, 2.75) is 26.3 Å². The fourth-order valence-corrected chi connectivity index (χ4v) is 2.58. The lowest BCUT2D eigenvalue weighted by molar-refractivity contribution is 0.583. The minimum Gasteiger partial charge on any atom is -0.313 e. The molecule has 2 nitrogen and oxygen atoms in total. The number of aromatic nitrogens is 1. The van der Waals surface area contributed by atoms with E-state index >= 15 is 0 Å². The monoisotopic (exact) mass is 292 g/mol. The van der Waals surface area contributed by atoms with E-state index in [1.54, 1.807) is 6.07 Å². The summed E-state index contributed by atoms with van der Waals surface area (Å²) < 4.78 is 13.1. The molecule has 1 N–H and O–H groups in total. The Bertz CT molecular complexity index is 613. The van der Waals surface area contributed by atoms with Gasteiger partial charge in [-0.3, -0.25) is 4.98 Å². The van der Waals surface area contributed by atoms with Crippen LogP contribution >= 0.6 is 11.6 Å². The molecule has 1 unspecified atom stereocenters. The SMILES string of the molecule is CNC(Cc1ccc(F)cc1Cl)c1ccc(C)nc1C. The molecule has 0 fully saturated rings. The van der Waals surface area contributed by atoms with Gasteiger partial charge in [-0.2, -0.15) is 0 Å². The van der Waals surface area contributed by atoms with Crippen molar-refractivity contribution >= 4 is 11.6 Å². The number of nitrogens with one attached hydrogen (secondary N) is 1. The third kappa shape index (κ3) is 3.35. The molecule has 1 atom stereocenters. The largest absolute Gasteiger partial charge is 0.313 e. The molecule has 0 aliphatic heterocycles. The second-order valence-electron chi connectivity index (χ2n) is 4.91. The van der Waals surface area contributed by atoms with Gasteiger partial charge in [0.1, 0.15) is 5.82 Å². The number of hydrogen-bond acceptors (Lipinski definition) is 2. The average molecular weight is 293 g/mol. The van der Waals surface area contributed by atoms with Crippen LogP contribution in [0.2, 0.25) is 5.02 Å². The molecule has 4 heteroatoms. The molecule has 0 aliphatic carbocycles. The highest BCUT2D eigenvalue weighted by Gasteiger charge is 2.15. The zero-order chi connectivity index (χ0) is 14.7. The van der Waals surface area contributed by atoms with Gasteiger partial charge in [0.15, 0.2) is 0 Å². The zero-order valence-corrected chi connectivity index (χ0v) is 12.6. The number of aryl methyl sites for hydroxylation is 2. The topological polar surface area (TPSA) is 24.9 Å². The van der Waals surface area contributed by atoms with Gasteiger partial charge in [-0.25, -0.2) is 4.39 Å². The fraction of sp³-hybridized carbons (Fsp3) is 0.312. The molecule has 0 saturated carbocycles. The van der Waals surface area contributed by atoms with Crippen molar-refractivity contribution in [1.29, 1.82) is 0 Å². The summed E-state index contributed by atoms with van der Waals surface area (Å²) in [6.07, 6.45) is 0.696. The number of hydrogen-bond donors (Lipinski definition) is 1. The molecule has 0 saturated heterocycles. The molecule has 1 aromatic heterocycles. The molecular weight excluding hydrogens is 275 g/mol. The highest BCUT2D eigenvalue weighted by molar-refractivity contribution is 6.31. The van der Waals surface area contributed by atoms with Crippen molar-refractivity contribution in [1.82, 2.24) is 10.3 Å². The van der Waals surface area contributed by atoms with Crippen molar-refractivity contribution in [2.24, 2.45) is 0 Å². The van der Waals surface area contributed by atoms with E-state index < -0.39 is 0 Å². The molecule has 2 aromatic rings. The van der Waals surface area contributed by atoms with Gasteiger partial charge >= 0.3 is 0 Å². The average Bonchev–Trinajstić information content (AvgIpc) is 2.39. The van der Waals surface area contributed by atoms with Gasteiger partial charge in [0.05, 0.1) is 0 Å². The highest BCUT2D eigenvalue weighted by Crippen LogP contribution is 2.25. The lowest BCUT2D eigenvalue weighted by Crippen LogP contribution is -2.20. The second-order valence-corrected chi connectivity index (χ2v) is 5.32. The van der Waals surface area contributed by atoms with Crippen LogP contribution in [0.1, 0.15) is 28.6 Å². The van der Waals surface area contributed by atoms with Crippen LogP contribution in [0.3, 0.4) is 0 Å². The first-order valence-electron chi connectivity index (χ1n) is 6.56. The smallest absolute Gasteiger partial charge is 0.124 e. The number of halogens is 2. The van der Waals surface area contributed by atoms with E-state index in [2.05, 4.69) is 16.4 Å². The minimum absolute atomic E-state index is 0.103. The fourth-order valence-electron chi connectivity index (χ4n) is 2.34. The van der Waals surface area contributed by atoms with Crippen LogP contribution in [0, 0.1) is 19.7 Å². The highest BCUT2D eigenvalue weighted by atomic mass is 35.5. The summed E-state index contributed by atoms with van der Waals surface area (Å²) in [5, 5.41) is 3.74. The molecule has 1 heterocycles. The predicted octanol–water partition coefficient (Wildman–Crippen LogP) is 3.99. The lowest BCUT2D eigenvalue weighted by atomic mass is 9.97. The maximum Gasteiger partial charge on any atom is 0.124 e. The molecule has 0 amide bonds. The van der Waals surface area contributed by atoms with Crippen LogP contribution in [-0.2, 0) is 6.42 Å². The second kappa shape index (κ2) is 6.33. The number of likely N-dealkylation sites (N-methyl/N-ethyl adjacent to an activating group) is 1. The summed E-state index contributed by atoms with van der Waals surface area (Å²) in [7, 11) is 1.90. The molecule has 106 valence electrons. The van der Waals surface area contributed by atoms with Crippen LogP contribution in [0.25, 0.3) is 0 Å². The van der Waals surface area contributed by atoms with Crippen LogP contribution in [-0.4, -0.2) is 12.0 Å². The maximum absolute atomic E-state index is 13.1. The van der Waals surface area contributed by atoms with Crippen molar-refractivity contribution in [2.75, 3.05) is 7.05 Å². The maximum atomic E-state index is 13.1. The first-order chi connectivity index (χ1) is 9.51. The lowest BCUT2D eigenvalue weighted by Gasteiger charge is -2.19. The van der Waals surface area contributed by atoms with E-state index in [-0.39, 0.29) is 11.9 Å². The van der Waals surface area contributed by atoms with Crippen molar-refractivity contribution < 1.29 is 4.39 Å². The Morgan fingerprint density at radius 3 is 2.60 bits per heavy atom. The molecule has 0 radical (unpaired) electrons. The normalized spacial score (nSPS) is 12.4. The Balaban J connectivity index is 2.28. The Hall–Kier alpha value is -1.45. The zero-order valence-electron chi connectivity index (χ0n) is 11.9. The number of rotatable bonds is 4. The molecule has 20 heavy (non-hydrogen) atoms. The first kappa shape index (κ1) is 14.9. The summed E-state index contributed by atoms with van der Waals surface area (Å²) in [6, 6.07) is 8.71. The van der Waals surface area contributed by atoms with Crippen molar-refractivity contribution in [3.05, 3.63) is 63.7 Å². The number of nitrogens with zero attached hydrogens (tertiary/aromatic N) is 1. The van der Waals surface area contributed by atoms with Crippen LogP contribution < -0.4 is 5.32 Å². The standard InChI is InChI=1S/C16H18ClFN2/c1-10-4-7-14(11(2)20-10)16(19-3)8-12-5-6-13(18)9-15(12)17/h4-7,9,16,19H,8H2,1-3H3.